The van der Waals surface area contributed by atoms with Crippen molar-refractivity contribution in [1.29, 1.82) is 0 Å². The molecule has 0 unspecified atom stereocenters. The van der Waals surface area contributed by atoms with E-state index in [1.807, 2.05) is 0 Å². The molecule has 1 aromatic rings. The van der Waals surface area contributed by atoms with Crippen molar-refractivity contribution >= 4 is 10.0 Å². The lowest BCUT2D eigenvalue weighted by atomic mass is 10.1. The average molecular weight is 247 g/mol. The van der Waals surface area contributed by atoms with Crippen LogP contribution in [0.15, 0.2) is 10.6 Å². The Morgan fingerprint density at radius 3 is 2.62 bits per heavy atom. The number of aryl methyl sites for hydroxylation is 1. The molecule has 0 aromatic carbocycles. The molecule has 1 rings (SSSR count). The predicted molar refractivity (Wildman–Crippen MR) is 60.1 cm³/mol. The molecule has 6 nitrogen and oxygen atoms in total. The fourth-order valence-corrected chi connectivity index (χ4v) is 2.25. The van der Waals surface area contributed by atoms with Gasteiger partial charge in [-0.05, 0) is 20.8 Å². The van der Waals surface area contributed by atoms with Gasteiger partial charge in [-0.15, -0.1) is 0 Å². The second-order valence-corrected chi connectivity index (χ2v) is 6.30. The summed E-state index contributed by atoms with van der Waals surface area (Å²) < 4.78 is 30.4. The molecule has 1 aromatic heterocycles. The highest BCUT2D eigenvalue weighted by atomic mass is 32.2. The number of hydrogen-bond donors (Lipinski definition) is 2. The molecule has 3 N–H and O–H groups in total. The predicted octanol–water partition coefficient (Wildman–Crippen LogP) is 0.140. The molecule has 0 aliphatic heterocycles. The molecular formula is C9H17N3O3S. The smallest absolute Gasteiger partial charge is 0.217 e. The van der Waals surface area contributed by atoms with Crippen LogP contribution in [0.5, 0.6) is 0 Å². The fourth-order valence-electron chi connectivity index (χ4n) is 1.03. The second-order valence-electron chi connectivity index (χ2n) is 4.50. The van der Waals surface area contributed by atoms with Crippen molar-refractivity contribution in [2.75, 3.05) is 6.54 Å². The summed E-state index contributed by atoms with van der Waals surface area (Å²) in [5.41, 5.74) is 5.49. The first kappa shape index (κ1) is 13.1. The molecule has 16 heavy (non-hydrogen) atoms. The summed E-state index contributed by atoms with van der Waals surface area (Å²) in [5.74, 6) is 0.393. The Labute approximate surface area is 95.2 Å². The van der Waals surface area contributed by atoms with Crippen molar-refractivity contribution < 1.29 is 12.9 Å². The second kappa shape index (κ2) is 4.52. The van der Waals surface area contributed by atoms with Crippen LogP contribution in [0.25, 0.3) is 0 Å². The van der Waals surface area contributed by atoms with Crippen molar-refractivity contribution in [3.8, 4) is 0 Å². The van der Waals surface area contributed by atoms with Crippen LogP contribution in [-0.4, -0.2) is 25.7 Å². The van der Waals surface area contributed by atoms with Crippen LogP contribution >= 0.6 is 0 Å². The van der Waals surface area contributed by atoms with Gasteiger partial charge in [-0.3, -0.25) is 0 Å². The van der Waals surface area contributed by atoms with Gasteiger partial charge in [-0.25, -0.2) is 13.1 Å². The van der Waals surface area contributed by atoms with Crippen LogP contribution in [0.1, 0.15) is 25.3 Å². The quantitative estimate of drug-likeness (QED) is 0.771. The van der Waals surface area contributed by atoms with Gasteiger partial charge < -0.3 is 10.3 Å². The van der Waals surface area contributed by atoms with Crippen molar-refractivity contribution in [2.45, 2.75) is 32.1 Å². The molecule has 0 aliphatic rings. The molecule has 0 aliphatic carbocycles. The number of sulfonamides is 1. The summed E-state index contributed by atoms with van der Waals surface area (Å²) in [5, 5.41) is 3.62. The van der Waals surface area contributed by atoms with E-state index in [1.54, 1.807) is 26.8 Å². The molecule has 0 fully saturated rings. The number of rotatable bonds is 5. The molecule has 0 bridgehead atoms. The van der Waals surface area contributed by atoms with Crippen molar-refractivity contribution in [3.63, 3.8) is 0 Å². The van der Waals surface area contributed by atoms with E-state index in [1.165, 1.54) is 0 Å². The normalized spacial score (nSPS) is 13.0. The Bertz CT molecular complexity index is 445. The van der Waals surface area contributed by atoms with Gasteiger partial charge in [0.15, 0.2) is 0 Å². The SMILES string of the molecule is Cc1cc(CS(=O)(=O)NCC(C)(C)N)no1. The van der Waals surface area contributed by atoms with Gasteiger partial charge in [0.2, 0.25) is 10.0 Å². The molecule has 92 valence electrons. The maximum absolute atomic E-state index is 11.6. The highest BCUT2D eigenvalue weighted by Crippen LogP contribution is 2.06. The van der Waals surface area contributed by atoms with E-state index < -0.39 is 15.6 Å². The van der Waals surface area contributed by atoms with E-state index in [2.05, 4.69) is 9.88 Å². The van der Waals surface area contributed by atoms with E-state index in [0.717, 1.165) is 0 Å². The topological polar surface area (TPSA) is 98.2 Å². The number of nitrogens with zero attached hydrogens (tertiary/aromatic N) is 1. The third-order valence-electron chi connectivity index (χ3n) is 1.76. The lowest BCUT2D eigenvalue weighted by Crippen LogP contribution is -2.45. The third-order valence-corrected chi connectivity index (χ3v) is 3.02. The number of hydrogen-bond acceptors (Lipinski definition) is 5. The van der Waals surface area contributed by atoms with Crippen molar-refractivity contribution in [2.24, 2.45) is 5.73 Å². The van der Waals surface area contributed by atoms with Gasteiger partial charge in [0.25, 0.3) is 0 Å². The minimum atomic E-state index is -3.41. The van der Waals surface area contributed by atoms with Crippen LogP contribution in [0, 0.1) is 6.92 Å². The first-order valence-corrected chi connectivity index (χ1v) is 6.52. The van der Waals surface area contributed by atoms with Gasteiger partial charge in [0, 0.05) is 18.2 Å². The summed E-state index contributed by atoms with van der Waals surface area (Å²) in [7, 11) is -3.41. The summed E-state index contributed by atoms with van der Waals surface area (Å²) in [4.78, 5) is 0. The summed E-state index contributed by atoms with van der Waals surface area (Å²) in [6.45, 7) is 5.39. The Morgan fingerprint density at radius 1 is 1.56 bits per heavy atom. The van der Waals surface area contributed by atoms with E-state index in [-0.39, 0.29) is 12.3 Å². The zero-order chi connectivity index (χ0) is 12.4. The third kappa shape index (κ3) is 4.73. The molecule has 0 saturated carbocycles. The molecule has 0 atom stereocenters. The average Bonchev–Trinajstić information content (AvgIpc) is 2.46. The standard InChI is InChI=1S/C9H17N3O3S/c1-7-4-8(12-15-7)5-16(13,14)11-6-9(2,3)10/h4,11H,5-6,10H2,1-3H3. The molecule has 7 heteroatoms. The minimum absolute atomic E-state index is 0.187. The van der Waals surface area contributed by atoms with E-state index in [9.17, 15) is 8.42 Å². The van der Waals surface area contributed by atoms with Gasteiger partial charge in [-0.1, -0.05) is 5.16 Å². The summed E-state index contributed by atoms with van der Waals surface area (Å²) >= 11 is 0. The lowest BCUT2D eigenvalue weighted by molar-refractivity contribution is 0.392. The van der Waals surface area contributed by atoms with Crippen molar-refractivity contribution in [3.05, 3.63) is 17.5 Å². The zero-order valence-electron chi connectivity index (χ0n) is 9.65. The maximum atomic E-state index is 11.6. The minimum Gasteiger partial charge on any atom is -0.361 e. The van der Waals surface area contributed by atoms with Gasteiger partial charge >= 0.3 is 0 Å². The summed E-state index contributed by atoms with van der Waals surface area (Å²) in [6, 6.07) is 1.59. The molecule has 0 spiro atoms. The van der Waals surface area contributed by atoms with Gasteiger partial charge in [0.05, 0.1) is 0 Å². The van der Waals surface area contributed by atoms with Crippen LogP contribution in [-0.2, 0) is 15.8 Å². The van der Waals surface area contributed by atoms with Crippen LogP contribution in [0.3, 0.4) is 0 Å². The Kier molecular flexibility index (Phi) is 3.72. The molecule has 1 heterocycles. The molecule has 0 saturated heterocycles. The monoisotopic (exact) mass is 247 g/mol. The number of nitrogens with one attached hydrogen (secondary N) is 1. The van der Waals surface area contributed by atoms with E-state index in [4.69, 9.17) is 10.3 Å². The van der Waals surface area contributed by atoms with Crippen LogP contribution in [0.4, 0.5) is 0 Å². The Balaban J connectivity index is 2.59. The summed E-state index contributed by atoms with van der Waals surface area (Å²) in [6.07, 6.45) is 0. The lowest BCUT2D eigenvalue weighted by Gasteiger charge is -2.18. The Morgan fingerprint density at radius 2 is 2.19 bits per heavy atom. The Hall–Kier alpha value is -0.920. The van der Waals surface area contributed by atoms with E-state index >= 15 is 0 Å². The molecule has 0 amide bonds. The van der Waals surface area contributed by atoms with E-state index in [0.29, 0.717) is 11.5 Å². The highest BCUT2D eigenvalue weighted by Gasteiger charge is 2.18. The van der Waals surface area contributed by atoms with Gasteiger partial charge in [0.1, 0.15) is 17.2 Å². The van der Waals surface area contributed by atoms with Crippen molar-refractivity contribution in [1.82, 2.24) is 9.88 Å². The molecule has 0 radical (unpaired) electrons. The van der Waals surface area contributed by atoms with Crippen LogP contribution in [0.2, 0.25) is 0 Å². The maximum Gasteiger partial charge on any atom is 0.217 e. The number of aromatic nitrogens is 1. The first-order chi connectivity index (χ1) is 7.18. The zero-order valence-corrected chi connectivity index (χ0v) is 10.5. The highest BCUT2D eigenvalue weighted by molar-refractivity contribution is 7.88. The van der Waals surface area contributed by atoms with Crippen LogP contribution < -0.4 is 10.5 Å². The fraction of sp³-hybridized carbons (Fsp3) is 0.667. The first-order valence-electron chi connectivity index (χ1n) is 4.86. The molecular weight excluding hydrogens is 230 g/mol. The number of nitrogens with two attached hydrogens (primary N) is 1. The van der Waals surface area contributed by atoms with Gasteiger partial charge in [-0.2, -0.15) is 0 Å². The largest absolute Gasteiger partial charge is 0.361 e.